The highest BCUT2D eigenvalue weighted by atomic mass is 16.7. The van der Waals surface area contributed by atoms with Crippen molar-refractivity contribution in [2.24, 2.45) is 0 Å². The van der Waals surface area contributed by atoms with Gasteiger partial charge in [-0.05, 0) is 32.9 Å². The van der Waals surface area contributed by atoms with E-state index in [1.165, 1.54) is 25.1 Å². The second-order valence-electron chi connectivity index (χ2n) is 6.15. The van der Waals surface area contributed by atoms with E-state index in [9.17, 15) is 19.2 Å². The molecule has 1 unspecified atom stereocenters. The molecule has 10 nitrogen and oxygen atoms in total. The topological polar surface area (TPSA) is 135 Å². The number of ether oxygens (including phenoxy) is 5. The first kappa shape index (κ1) is 23.7. The minimum absolute atomic E-state index is 0.0198. The summed E-state index contributed by atoms with van der Waals surface area (Å²) in [7, 11) is 0. The first-order chi connectivity index (χ1) is 13.5. The van der Waals surface area contributed by atoms with Crippen LogP contribution in [0, 0.1) is 0 Å². The van der Waals surface area contributed by atoms with Gasteiger partial charge in [0.25, 0.3) is 6.29 Å². The van der Waals surface area contributed by atoms with Crippen LogP contribution in [0.4, 0.5) is 0 Å². The zero-order valence-corrected chi connectivity index (χ0v) is 16.8. The Balaban J connectivity index is 3.36. The third-order valence-electron chi connectivity index (χ3n) is 3.15. The summed E-state index contributed by atoms with van der Waals surface area (Å²) in [5, 5.41) is 8.88. The molecule has 0 aromatic heterocycles. The minimum atomic E-state index is -1.58. The summed E-state index contributed by atoms with van der Waals surface area (Å²) in [5.74, 6) is -3.55. The molecule has 1 atom stereocenters. The Morgan fingerprint density at radius 2 is 1.48 bits per heavy atom. The monoisotopic (exact) mass is 412 g/mol. The number of hydrogen-bond acceptors (Lipinski definition) is 9. The molecular weight excluding hydrogens is 388 g/mol. The Labute approximate surface area is 167 Å². The number of rotatable bonds is 10. The molecule has 0 radical (unpaired) electrons. The van der Waals surface area contributed by atoms with Gasteiger partial charge >= 0.3 is 23.9 Å². The highest BCUT2D eigenvalue weighted by molar-refractivity contribution is 5.75. The largest absolute Gasteiger partial charge is 0.481 e. The molecule has 29 heavy (non-hydrogen) atoms. The molecule has 0 heterocycles. The highest BCUT2D eigenvalue weighted by Crippen LogP contribution is 2.37. The van der Waals surface area contributed by atoms with E-state index in [1.807, 2.05) is 0 Å². The molecule has 0 aliphatic heterocycles. The molecule has 1 rings (SSSR count). The van der Waals surface area contributed by atoms with Gasteiger partial charge in [-0.3, -0.25) is 9.59 Å². The first-order valence-electron chi connectivity index (χ1n) is 8.70. The average molecular weight is 412 g/mol. The third kappa shape index (κ3) is 8.08. The Hall–Kier alpha value is -3.30. The first-order valence-corrected chi connectivity index (χ1v) is 8.70. The molecule has 0 saturated carbocycles. The van der Waals surface area contributed by atoms with Crippen molar-refractivity contribution in [1.82, 2.24) is 0 Å². The van der Waals surface area contributed by atoms with Gasteiger partial charge in [0.15, 0.2) is 12.7 Å². The number of carboxylic acids is 1. The molecule has 0 amide bonds. The SMILES string of the molecule is CC(=O)OC(OC(C)=O)c1c(OCC(=O)O)cccc1OC(C)C(=O)OC(C)C. The van der Waals surface area contributed by atoms with Gasteiger partial charge in [-0.25, -0.2) is 9.59 Å². The molecular formula is C19H24O10. The van der Waals surface area contributed by atoms with Gasteiger partial charge in [-0.1, -0.05) is 6.07 Å². The van der Waals surface area contributed by atoms with Crippen molar-refractivity contribution in [2.75, 3.05) is 6.61 Å². The van der Waals surface area contributed by atoms with Crippen LogP contribution in [-0.4, -0.2) is 47.8 Å². The summed E-state index contributed by atoms with van der Waals surface area (Å²) in [6, 6.07) is 4.26. The molecule has 0 aliphatic carbocycles. The lowest BCUT2D eigenvalue weighted by Gasteiger charge is -2.24. The molecule has 160 valence electrons. The average Bonchev–Trinajstić information content (AvgIpc) is 2.57. The molecule has 0 aliphatic rings. The van der Waals surface area contributed by atoms with Crippen molar-refractivity contribution in [1.29, 1.82) is 0 Å². The fourth-order valence-corrected chi connectivity index (χ4v) is 2.13. The number of carbonyl (C=O) groups is 4. The normalized spacial score (nSPS) is 11.6. The van der Waals surface area contributed by atoms with Gasteiger partial charge in [-0.15, -0.1) is 0 Å². The Bertz CT molecular complexity index is 739. The van der Waals surface area contributed by atoms with Crippen LogP contribution < -0.4 is 9.47 Å². The van der Waals surface area contributed by atoms with Crippen molar-refractivity contribution in [3.8, 4) is 11.5 Å². The molecule has 1 aromatic rings. The predicted molar refractivity (Wildman–Crippen MR) is 97.2 cm³/mol. The summed E-state index contributed by atoms with van der Waals surface area (Å²) in [6.45, 7) is 6.27. The van der Waals surface area contributed by atoms with Crippen LogP contribution in [0.15, 0.2) is 18.2 Å². The van der Waals surface area contributed by atoms with Crippen molar-refractivity contribution >= 4 is 23.9 Å². The van der Waals surface area contributed by atoms with E-state index in [2.05, 4.69) is 0 Å². The fraction of sp³-hybridized carbons (Fsp3) is 0.474. The van der Waals surface area contributed by atoms with Crippen LogP contribution in [0.5, 0.6) is 11.5 Å². The lowest BCUT2D eigenvalue weighted by molar-refractivity contribution is -0.187. The highest BCUT2D eigenvalue weighted by Gasteiger charge is 2.29. The molecule has 0 bridgehead atoms. The number of esters is 3. The second-order valence-corrected chi connectivity index (χ2v) is 6.15. The maximum absolute atomic E-state index is 12.1. The lowest BCUT2D eigenvalue weighted by Crippen LogP contribution is -2.29. The van der Waals surface area contributed by atoms with Crippen LogP contribution in [0.1, 0.15) is 46.5 Å². The minimum Gasteiger partial charge on any atom is -0.481 e. The molecule has 0 fully saturated rings. The number of carboxylic acid groups (broad SMARTS) is 1. The van der Waals surface area contributed by atoms with Crippen molar-refractivity contribution in [3.05, 3.63) is 23.8 Å². The van der Waals surface area contributed by atoms with Crippen molar-refractivity contribution in [3.63, 3.8) is 0 Å². The van der Waals surface area contributed by atoms with Crippen LogP contribution in [0.3, 0.4) is 0 Å². The third-order valence-corrected chi connectivity index (χ3v) is 3.15. The lowest BCUT2D eigenvalue weighted by atomic mass is 10.1. The van der Waals surface area contributed by atoms with E-state index in [1.54, 1.807) is 13.8 Å². The number of hydrogen-bond donors (Lipinski definition) is 1. The number of aliphatic carboxylic acids is 1. The van der Waals surface area contributed by atoms with Gasteiger partial charge in [0, 0.05) is 13.8 Å². The second kappa shape index (κ2) is 10.9. The summed E-state index contributed by atoms with van der Waals surface area (Å²) in [4.78, 5) is 45.9. The van der Waals surface area contributed by atoms with Crippen LogP contribution in [-0.2, 0) is 33.4 Å². The van der Waals surface area contributed by atoms with Crippen LogP contribution in [0.2, 0.25) is 0 Å². The summed E-state index contributed by atoms with van der Waals surface area (Å²) < 4.78 is 26.0. The fourth-order valence-electron chi connectivity index (χ4n) is 2.13. The molecule has 0 saturated heterocycles. The summed E-state index contributed by atoms with van der Waals surface area (Å²) >= 11 is 0. The Morgan fingerprint density at radius 3 is 1.97 bits per heavy atom. The van der Waals surface area contributed by atoms with Gasteiger partial charge < -0.3 is 28.8 Å². The van der Waals surface area contributed by atoms with E-state index in [0.717, 1.165) is 13.8 Å². The van der Waals surface area contributed by atoms with E-state index in [4.69, 9.17) is 28.8 Å². The summed E-state index contributed by atoms with van der Waals surface area (Å²) in [5.41, 5.74) is -0.0663. The molecule has 0 spiro atoms. The van der Waals surface area contributed by atoms with E-state index < -0.39 is 42.9 Å². The predicted octanol–water partition coefficient (Wildman–Crippen LogP) is 1.99. The molecule has 10 heteroatoms. The Kier molecular flexibility index (Phi) is 8.91. The standard InChI is InChI=1S/C19H24O10/c1-10(2)26-18(24)11(3)27-15-8-6-7-14(25-9-16(22)23)17(15)19(28-12(4)20)29-13(5)21/h6-8,10-11,19H,9H2,1-5H3,(H,22,23). The quantitative estimate of drug-likeness (QED) is 0.449. The van der Waals surface area contributed by atoms with Crippen molar-refractivity contribution in [2.45, 2.75) is 53.1 Å². The maximum atomic E-state index is 12.1. The smallest absolute Gasteiger partial charge is 0.347 e. The number of benzene rings is 1. The van der Waals surface area contributed by atoms with Crippen LogP contribution in [0.25, 0.3) is 0 Å². The summed E-state index contributed by atoms with van der Waals surface area (Å²) in [6.07, 6.45) is -3.02. The Morgan fingerprint density at radius 1 is 0.931 bits per heavy atom. The molecule has 1 aromatic carbocycles. The van der Waals surface area contributed by atoms with Crippen molar-refractivity contribution < 1.29 is 48.0 Å². The zero-order chi connectivity index (χ0) is 22.1. The number of carbonyl (C=O) groups excluding carboxylic acids is 3. The van der Waals surface area contributed by atoms with E-state index >= 15 is 0 Å². The van der Waals surface area contributed by atoms with E-state index in [0.29, 0.717) is 0 Å². The van der Waals surface area contributed by atoms with Crippen LogP contribution >= 0.6 is 0 Å². The zero-order valence-electron chi connectivity index (χ0n) is 16.8. The van der Waals surface area contributed by atoms with Gasteiger partial charge in [0.1, 0.15) is 17.1 Å². The van der Waals surface area contributed by atoms with Gasteiger partial charge in [0.2, 0.25) is 0 Å². The van der Waals surface area contributed by atoms with Gasteiger partial charge in [0.05, 0.1) is 6.10 Å². The van der Waals surface area contributed by atoms with Gasteiger partial charge in [-0.2, -0.15) is 0 Å². The molecule has 1 N–H and O–H groups in total. The van der Waals surface area contributed by atoms with E-state index in [-0.39, 0.29) is 23.2 Å². The maximum Gasteiger partial charge on any atom is 0.347 e.